The number of aromatic nitrogens is 1. The molecule has 0 aliphatic rings. The highest BCUT2D eigenvalue weighted by molar-refractivity contribution is 5.89. The minimum Gasteiger partial charge on any atom is -0.445 e. The topological polar surface area (TPSA) is 95.6 Å². The fourth-order valence-corrected chi connectivity index (χ4v) is 3.43. The second kappa shape index (κ2) is 10.9. The van der Waals surface area contributed by atoms with Crippen LogP contribution in [0.25, 0.3) is 10.9 Å². The molecule has 3 N–H and O–H groups in total. The number of hydrogen-bond donors (Lipinski definition) is 3. The summed E-state index contributed by atoms with van der Waals surface area (Å²) in [5, 5.41) is 7.53. The molecule has 0 aliphatic heterocycles. The van der Waals surface area contributed by atoms with E-state index in [0.29, 0.717) is 5.56 Å². The number of hydrazone groups is 1. The van der Waals surface area contributed by atoms with Crippen molar-refractivity contribution in [2.45, 2.75) is 19.1 Å². The Morgan fingerprint density at radius 3 is 2.53 bits per heavy atom. The molecule has 4 rings (SSSR count). The molecule has 172 valence electrons. The van der Waals surface area contributed by atoms with Crippen LogP contribution in [0.1, 0.15) is 16.7 Å². The number of rotatable bonds is 8. The molecule has 4 aromatic rings. The molecule has 1 unspecified atom stereocenters. The average Bonchev–Trinajstić information content (AvgIpc) is 3.27. The lowest BCUT2D eigenvalue weighted by Gasteiger charge is -2.17. The van der Waals surface area contributed by atoms with Gasteiger partial charge in [-0.25, -0.2) is 14.6 Å². The molecule has 3 aromatic carbocycles. The molecule has 8 heteroatoms. The number of aromatic amines is 1. The van der Waals surface area contributed by atoms with E-state index in [1.807, 2.05) is 60.8 Å². The molecule has 1 heterocycles. The van der Waals surface area contributed by atoms with Crippen molar-refractivity contribution < 1.29 is 18.7 Å². The fraction of sp³-hybridized carbons (Fsp3) is 0.115. The minimum absolute atomic E-state index is 0.0802. The quantitative estimate of drug-likeness (QED) is 0.271. The van der Waals surface area contributed by atoms with Crippen molar-refractivity contribution in [2.24, 2.45) is 5.10 Å². The summed E-state index contributed by atoms with van der Waals surface area (Å²) < 4.78 is 18.3. The molecule has 34 heavy (non-hydrogen) atoms. The van der Waals surface area contributed by atoms with Gasteiger partial charge < -0.3 is 15.0 Å². The first-order valence-corrected chi connectivity index (χ1v) is 10.7. The predicted molar refractivity (Wildman–Crippen MR) is 128 cm³/mol. The second-order valence-electron chi connectivity index (χ2n) is 7.61. The number of carbonyl (C=O) groups is 2. The van der Waals surface area contributed by atoms with Crippen LogP contribution in [0.3, 0.4) is 0 Å². The normalized spacial score (nSPS) is 11.9. The highest BCUT2D eigenvalue weighted by atomic mass is 19.1. The highest BCUT2D eigenvalue weighted by Gasteiger charge is 2.23. The Morgan fingerprint density at radius 2 is 1.74 bits per heavy atom. The Morgan fingerprint density at radius 1 is 1.00 bits per heavy atom. The van der Waals surface area contributed by atoms with Crippen molar-refractivity contribution in [3.8, 4) is 0 Å². The van der Waals surface area contributed by atoms with E-state index in [1.54, 1.807) is 0 Å². The van der Waals surface area contributed by atoms with Crippen LogP contribution in [-0.2, 0) is 22.6 Å². The lowest BCUT2D eigenvalue weighted by molar-refractivity contribution is -0.123. The molecule has 0 saturated heterocycles. The first kappa shape index (κ1) is 22.7. The van der Waals surface area contributed by atoms with E-state index >= 15 is 0 Å². The second-order valence-corrected chi connectivity index (χ2v) is 7.61. The number of benzene rings is 3. The number of nitrogens with one attached hydrogen (secondary N) is 3. The maximum absolute atomic E-state index is 13.1. The van der Waals surface area contributed by atoms with Gasteiger partial charge in [0.2, 0.25) is 0 Å². The van der Waals surface area contributed by atoms with Crippen LogP contribution >= 0.6 is 0 Å². The van der Waals surface area contributed by atoms with Crippen molar-refractivity contribution in [2.75, 3.05) is 0 Å². The van der Waals surface area contributed by atoms with Crippen molar-refractivity contribution in [3.63, 3.8) is 0 Å². The molecule has 0 aliphatic carbocycles. The van der Waals surface area contributed by atoms with E-state index in [0.717, 1.165) is 22.0 Å². The van der Waals surface area contributed by atoms with E-state index in [1.165, 1.54) is 30.5 Å². The van der Waals surface area contributed by atoms with Gasteiger partial charge in [0.15, 0.2) is 0 Å². The standard InChI is InChI=1S/C26H23FN4O3/c27-21-12-10-18(11-13-21)15-29-31-25(32)24(14-20-16-28-23-9-5-4-8-22(20)23)30-26(33)34-17-19-6-2-1-3-7-19/h1-13,15-16,24,28H,14,17H2,(H,30,33)(H,31,32)/b29-15+. The third-order valence-electron chi connectivity index (χ3n) is 5.18. The van der Waals surface area contributed by atoms with E-state index in [9.17, 15) is 14.0 Å². The van der Waals surface area contributed by atoms with Crippen LogP contribution in [0.5, 0.6) is 0 Å². The van der Waals surface area contributed by atoms with Crippen LogP contribution in [-0.4, -0.2) is 29.2 Å². The molecule has 0 fully saturated rings. The van der Waals surface area contributed by atoms with Gasteiger partial charge in [0.25, 0.3) is 5.91 Å². The third kappa shape index (κ3) is 6.07. The van der Waals surface area contributed by atoms with Gasteiger partial charge in [-0.05, 0) is 34.9 Å². The Kier molecular flexibility index (Phi) is 7.29. The largest absolute Gasteiger partial charge is 0.445 e. The van der Waals surface area contributed by atoms with E-state index < -0.39 is 18.0 Å². The first-order chi connectivity index (χ1) is 16.6. The van der Waals surface area contributed by atoms with E-state index in [-0.39, 0.29) is 18.8 Å². The molecular weight excluding hydrogens is 435 g/mol. The van der Waals surface area contributed by atoms with Gasteiger partial charge in [0, 0.05) is 23.5 Å². The summed E-state index contributed by atoms with van der Waals surface area (Å²) in [5.74, 6) is -0.876. The summed E-state index contributed by atoms with van der Waals surface area (Å²) in [5.41, 5.74) is 5.68. The molecule has 0 saturated carbocycles. The van der Waals surface area contributed by atoms with Gasteiger partial charge in [-0.3, -0.25) is 4.79 Å². The number of carbonyl (C=O) groups excluding carboxylic acids is 2. The summed E-state index contributed by atoms with van der Waals surface area (Å²) in [4.78, 5) is 28.5. The van der Waals surface area contributed by atoms with Gasteiger partial charge in [-0.1, -0.05) is 60.7 Å². The zero-order chi connectivity index (χ0) is 23.8. The van der Waals surface area contributed by atoms with Gasteiger partial charge >= 0.3 is 6.09 Å². The molecule has 0 bridgehead atoms. The number of nitrogens with zero attached hydrogens (tertiary/aromatic N) is 1. The lowest BCUT2D eigenvalue weighted by Crippen LogP contribution is -2.47. The summed E-state index contributed by atoms with van der Waals surface area (Å²) >= 11 is 0. The Balaban J connectivity index is 1.45. The maximum Gasteiger partial charge on any atom is 0.408 e. The number of halogens is 1. The Hall–Kier alpha value is -4.46. The summed E-state index contributed by atoms with van der Waals surface area (Å²) in [7, 11) is 0. The van der Waals surface area contributed by atoms with Crippen LogP contribution in [0.15, 0.2) is 90.2 Å². The number of fused-ring (bicyclic) bond motifs is 1. The number of ether oxygens (including phenoxy) is 1. The number of hydrogen-bond acceptors (Lipinski definition) is 4. The average molecular weight is 458 g/mol. The van der Waals surface area contributed by atoms with E-state index in [4.69, 9.17) is 4.74 Å². The van der Waals surface area contributed by atoms with Crippen molar-refractivity contribution in [1.82, 2.24) is 15.7 Å². The van der Waals surface area contributed by atoms with Crippen LogP contribution < -0.4 is 10.7 Å². The molecule has 0 radical (unpaired) electrons. The lowest BCUT2D eigenvalue weighted by atomic mass is 10.0. The van der Waals surface area contributed by atoms with Crippen LogP contribution in [0, 0.1) is 5.82 Å². The molecular formula is C26H23FN4O3. The number of para-hydroxylation sites is 1. The Bertz CT molecular complexity index is 1290. The smallest absolute Gasteiger partial charge is 0.408 e. The number of amides is 2. The number of H-pyrrole nitrogens is 1. The predicted octanol–water partition coefficient (Wildman–Crippen LogP) is 4.29. The summed E-state index contributed by atoms with van der Waals surface area (Å²) in [6.45, 7) is 0.0802. The monoisotopic (exact) mass is 458 g/mol. The fourth-order valence-electron chi connectivity index (χ4n) is 3.43. The molecule has 0 spiro atoms. The molecule has 1 atom stereocenters. The van der Waals surface area contributed by atoms with Gasteiger partial charge in [0.05, 0.1) is 6.21 Å². The van der Waals surface area contributed by atoms with E-state index in [2.05, 4.69) is 20.8 Å². The van der Waals surface area contributed by atoms with Crippen molar-refractivity contribution >= 4 is 29.1 Å². The number of alkyl carbamates (subject to hydrolysis) is 1. The summed E-state index contributed by atoms with van der Waals surface area (Å²) in [6, 6.07) is 21.7. The highest BCUT2D eigenvalue weighted by Crippen LogP contribution is 2.19. The Labute approximate surface area is 195 Å². The zero-order valence-electron chi connectivity index (χ0n) is 18.2. The minimum atomic E-state index is -0.937. The SMILES string of the molecule is O=C(NC(Cc1c[nH]c2ccccc12)C(=O)N/N=C/c1ccc(F)cc1)OCc1ccccc1. The van der Waals surface area contributed by atoms with Crippen LogP contribution in [0.4, 0.5) is 9.18 Å². The van der Waals surface area contributed by atoms with Crippen LogP contribution in [0.2, 0.25) is 0 Å². The van der Waals surface area contributed by atoms with Gasteiger partial charge in [-0.15, -0.1) is 0 Å². The first-order valence-electron chi connectivity index (χ1n) is 10.7. The van der Waals surface area contributed by atoms with Gasteiger partial charge in [0.1, 0.15) is 18.5 Å². The van der Waals surface area contributed by atoms with Crippen molar-refractivity contribution in [3.05, 3.63) is 108 Å². The van der Waals surface area contributed by atoms with Crippen molar-refractivity contribution in [1.29, 1.82) is 0 Å². The third-order valence-corrected chi connectivity index (χ3v) is 5.18. The maximum atomic E-state index is 13.1. The molecule has 1 aromatic heterocycles. The van der Waals surface area contributed by atoms with Gasteiger partial charge in [-0.2, -0.15) is 5.10 Å². The molecule has 2 amide bonds. The molecule has 7 nitrogen and oxygen atoms in total. The zero-order valence-corrected chi connectivity index (χ0v) is 18.2. The summed E-state index contributed by atoms with van der Waals surface area (Å²) in [6.07, 6.45) is 2.71.